The Morgan fingerprint density at radius 1 is 1.04 bits per heavy atom. The van der Waals surface area contributed by atoms with Gasteiger partial charge < -0.3 is 14.7 Å². The molecule has 0 aromatic heterocycles. The van der Waals surface area contributed by atoms with E-state index >= 15 is 0 Å². The molecule has 1 aromatic rings. The lowest BCUT2D eigenvalue weighted by atomic mass is 10.0. The fourth-order valence-corrected chi connectivity index (χ4v) is 4.89. The van der Waals surface area contributed by atoms with Gasteiger partial charge in [0.2, 0.25) is 5.91 Å². The normalized spacial score (nSPS) is 26.3. The highest BCUT2D eigenvalue weighted by molar-refractivity contribution is 5.98. The lowest BCUT2D eigenvalue weighted by Crippen LogP contribution is -2.47. The number of likely N-dealkylation sites (N-methyl/N-ethyl adjacent to an activating group) is 1. The number of rotatable bonds is 2. The predicted molar refractivity (Wildman–Crippen MR) is 97.9 cm³/mol. The minimum Gasteiger partial charge on any atom is -0.334 e. The van der Waals surface area contributed by atoms with Crippen LogP contribution in [0.15, 0.2) is 18.2 Å². The van der Waals surface area contributed by atoms with E-state index in [1.54, 1.807) is 11.8 Å². The van der Waals surface area contributed by atoms with Crippen molar-refractivity contribution in [1.29, 1.82) is 0 Å². The van der Waals surface area contributed by atoms with E-state index < -0.39 is 0 Å². The van der Waals surface area contributed by atoms with Crippen molar-refractivity contribution in [2.75, 3.05) is 31.6 Å². The molecule has 2 fully saturated rings. The maximum absolute atomic E-state index is 13.2. The van der Waals surface area contributed by atoms with E-state index in [0.29, 0.717) is 12.1 Å². The van der Waals surface area contributed by atoms with Crippen molar-refractivity contribution >= 4 is 17.5 Å². The molecule has 5 nitrogen and oxygen atoms in total. The topological polar surface area (TPSA) is 43.9 Å². The summed E-state index contributed by atoms with van der Waals surface area (Å²) in [5, 5.41) is 0. The third-order valence-corrected chi connectivity index (χ3v) is 6.18. The summed E-state index contributed by atoms with van der Waals surface area (Å²) in [5.41, 5.74) is 2.86. The van der Waals surface area contributed by atoms with E-state index in [1.165, 1.54) is 12.8 Å². The molecule has 5 heteroatoms. The third-order valence-electron chi connectivity index (χ3n) is 6.18. The molecule has 1 aromatic carbocycles. The van der Waals surface area contributed by atoms with Gasteiger partial charge >= 0.3 is 0 Å². The van der Waals surface area contributed by atoms with Gasteiger partial charge in [0.1, 0.15) is 0 Å². The van der Waals surface area contributed by atoms with E-state index in [0.717, 1.165) is 55.7 Å². The number of amides is 2. The molecule has 2 amide bonds. The number of likely N-dealkylation sites (tertiary alicyclic amines) is 2. The van der Waals surface area contributed by atoms with Crippen molar-refractivity contribution in [3.05, 3.63) is 29.3 Å². The van der Waals surface area contributed by atoms with Crippen LogP contribution in [0.5, 0.6) is 0 Å². The van der Waals surface area contributed by atoms with Gasteiger partial charge in [-0.1, -0.05) is 0 Å². The highest BCUT2D eigenvalue weighted by atomic mass is 16.2. The summed E-state index contributed by atoms with van der Waals surface area (Å²) >= 11 is 0. The molecule has 3 aliphatic heterocycles. The largest absolute Gasteiger partial charge is 0.334 e. The molecule has 0 unspecified atom stereocenters. The van der Waals surface area contributed by atoms with Crippen molar-refractivity contribution in [3.63, 3.8) is 0 Å². The Morgan fingerprint density at radius 2 is 1.80 bits per heavy atom. The van der Waals surface area contributed by atoms with Gasteiger partial charge in [-0.15, -0.1) is 0 Å². The van der Waals surface area contributed by atoms with Gasteiger partial charge in [-0.25, -0.2) is 0 Å². The second-order valence-corrected chi connectivity index (χ2v) is 7.66. The number of benzene rings is 1. The molecule has 3 aliphatic rings. The van der Waals surface area contributed by atoms with Crippen LogP contribution < -0.4 is 4.90 Å². The van der Waals surface area contributed by atoms with E-state index in [1.807, 2.05) is 18.2 Å². The van der Waals surface area contributed by atoms with Crippen LogP contribution in [0.3, 0.4) is 0 Å². The summed E-state index contributed by atoms with van der Waals surface area (Å²) in [6.07, 6.45) is 5.49. The third kappa shape index (κ3) is 2.84. The lowest BCUT2D eigenvalue weighted by molar-refractivity contribution is -0.116. The predicted octanol–water partition coefficient (Wildman–Crippen LogP) is 2.29. The van der Waals surface area contributed by atoms with Gasteiger partial charge in [0, 0.05) is 43.3 Å². The highest BCUT2D eigenvalue weighted by Gasteiger charge is 2.38. The van der Waals surface area contributed by atoms with Crippen LogP contribution in [0, 0.1) is 0 Å². The molecule has 25 heavy (non-hydrogen) atoms. The van der Waals surface area contributed by atoms with Gasteiger partial charge in [-0.2, -0.15) is 0 Å². The summed E-state index contributed by atoms with van der Waals surface area (Å²) in [6, 6.07) is 6.71. The summed E-state index contributed by atoms with van der Waals surface area (Å²) in [5.74, 6) is 0.230. The number of carbonyl (C=O) groups is 2. The fourth-order valence-electron chi connectivity index (χ4n) is 4.89. The zero-order valence-electron chi connectivity index (χ0n) is 15.2. The number of fused-ring (bicyclic) bond motifs is 1. The van der Waals surface area contributed by atoms with Crippen LogP contribution in [0.1, 0.15) is 48.5 Å². The van der Waals surface area contributed by atoms with Crippen molar-refractivity contribution in [2.24, 2.45) is 0 Å². The van der Waals surface area contributed by atoms with Gasteiger partial charge in [0.25, 0.3) is 5.91 Å². The molecule has 0 bridgehead atoms. The number of carbonyl (C=O) groups excluding carboxylic acids is 2. The number of hydrogen-bond donors (Lipinski definition) is 0. The average molecular weight is 341 g/mol. The first-order valence-corrected chi connectivity index (χ1v) is 9.48. The maximum atomic E-state index is 13.2. The second kappa shape index (κ2) is 6.45. The van der Waals surface area contributed by atoms with Crippen molar-refractivity contribution < 1.29 is 9.59 Å². The smallest absolute Gasteiger partial charge is 0.254 e. The Kier molecular flexibility index (Phi) is 4.28. The Balaban J connectivity index is 1.56. The Hall–Kier alpha value is -1.88. The quantitative estimate of drug-likeness (QED) is 0.829. The SMILES string of the molecule is CC(=O)N1CCc2cc(C(=O)N3CCC[C@@H]3[C@H]3CCCN3C)ccc21. The molecule has 0 saturated carbocycles. The molecule has 2 saturated heterocycles. The van der Waals surface area contributed by atoms with E-state index in [-0.39, 0.29) is 11.8 Å². The molecular formula is C20H27N3O2. The molecule has 0 aliphatic carbocycles. The summed E-state index contributed by atoms with van der Waals surface area (Å²) in [6.45, 7) is 4.33. The summed E-state index contributed by atoms with van der Waals surface area (Å²) in [4.78, 5) is 31.2. The monoisotopic (exact) mass is 341 g/mol. The van der Waals surface area contributed by atoms with Gasteiger partial charge in [0.15, 0.2) is 0 Å². The molecule has 4 rings (SSSR count). The number of nitrogens with zero attached hydrogens (tertiary/aromatic N) is 3. The summed E-state index contributed by atoms with van der Waals surface area (Å²) < 4.78 is 0. The molecule has 2 atom stereocenters. The fraction of sp³-hybridized carbons (Fsp3) is 0.600. The van der Waals surface area contributed by atoms with Crippen molar-refractivity contribution in [2.45, 2.75) is 51.1 Å². The van der Waals surface area contributed by atoms with Crippen molar-refractivity contribution in [1.82, 2.24) is 9.80 Å². The summed E-state index contributed by atoms with van der Waals surface area (Å²) in [7, 11) is 2.18. The molecule has 0 radical (unpaired) electrons. The molecule has 0 N–H and O–H groups in total. The lowest BCUT2D eigenvalue weighted by Gasteiger charge is -2.33. The van der Waals surface area contributed by atoms with Crippen LogP contribution in [-0.2, 0) is 11.2 Å². The van der Waals surface area contributed by atoms with Crippen LogP contribution in [-0.4, -0.2) is 60.4 Å². The number of hydrogen-bond acceptors (Lipinski definition) is 3. The minimum absolute atomic E-state index is 0.0710. The Labute approximate surface area is 149 Å². The average Bonchev–Trinajstić information content (AvgIpc) is 3.31. The van der Waals surface area contributed by atoms with Crippen LogP contribution in [0.4, 0.5) is 5.69 Å². The first kappa shape index (κ1) is 16.6. The maximum Gasteiger partial charge on any atom is 0.254 e. The van der Waals surface area contributed by atoms with Crippen LogP contribution >= 0.6 is 0 Å². The first-order valence-electron chi connectivity index (χ1n) is 9.48. The molecule has 0 spiro atoms. The number of anilines is 1. The standard InChI is InChI=1S/C20H27N3O2/c1-14(24)22-12-9-15-13-16(7-8-17(15)22)20(25)23-11-4-6-19(23)18-5-3-10-21(18)2/h7-8,13,18-19H,3-6,9-12H2,1-2H3/t18-,19-/m1/s1. The van der Waals surface area contributed by atoms with Gasteiger partial charge in [-0.05, 0) is 69.5 Å². The van der Waals surface area contributed by atoms with Gasteiger partial charge in [-0.3, -0.25) is 9.59 Å². The highest BCUT2D eigenvalue weighted by Crippen LogP contribution is 2.32. The zero-order chi connectivity index (χ0) is 17.6. The first-order chi connectivity index (χ1) is 12.1. The zero-order valence-corrected chi connectivity index (χ0v) is 15.2. The molecule has 3 heterocycles. The minimum atomic E-state index is 0.0710. The second-order valence-electron chi connectivity index (χ2n) is 7.66. The van der Waals surface area contributed by atoms with Crippen LogP contribution in [0.25, 0.3) is 0 Å². The van der Waals surface area contributed by atoms with E-state index in [4.69, 9.17) is 0 Å². The van der Waals surface area contributed by atoms with E-state index in [9.17, 15) is 9.59 Å². The molecular weight excluding hydrogens is 314 g/mol. The Morgan fingerprint density at radius 3 is 2.52 bits per heavy atom. The molecule has 134 valence electrons. The van der Waals surface area contributed by atoms with Gasteiger partial charge in [0.05, 0.1) is 0 Å². The van der Waals surface area contributed by atoms with Crippen molar-refractivity contribution in [3.8, 4) is 0 Å². The Bertz CT molecular complexity index is 702. The van der Waals surface area contributed by atoms with Crippen LogP contribution in [0.2, 0.25) is 0 Å². The van der Waals surface area contributed by atoms with E-state index in [2.05, 4.69) is 16.8 Å².